The molecule has 0 spiro atoms. The van der Waals surface area contributed by atoms with Crippen LogP contribution in [-0.2, 0) is 0 Å². The first-order valence-corrected chi connectivity index (χ1v) is 4.44. The molecule has 0 aromatic heterocycles. The Bertz CT molecular complexity index is 119. The van der Waals surface area contributed by atoms with E-state index in [-0.39, 0.29) is 0 Å². The number of hydrogen-bond acceptors (Lipinski definition) is 1. The number of nitrogens with zero attached hydrogens (tertiary/aromatic N) is 2. The van der Waals surface area contributed by atoms with E-state index in [1.165, 1.54) is 12.8 Å². The van der Waals surface area contributed by atoms with Crippen molar-refractivity contribution in [2.75, 3.05) is 20.1 Å². The molecule has 0 unspecified atom stereocenters. The largest absolute Gasteiger partial charge is 0.361 e. The molecule has 0 saturated carbocycles. The van der Waals surface area contributed by atoms with Crippen LogP contribution in [-0.4, -0.2) is 30.9 Å². The van der Waals surface area contributed by atoms with E-state index in [0.29, 0.717) is 0 Å². The monoisotopic (exact) mass is 156 g/mol. The van der Waals surface area contributed by atoms with Crippen LogP contribution in [0.4, 0.5) is 0 Å². The summed E-state index contributed by atoms with van der Waals surface area (Å²) < 4.78 is 0. The number of aliphatic imine (C=N–C) groups is 1. The number of amidine groups is 1. The molecule has 0 aliphatic heterocycles. The molecular weight excluding hydrogens is 136 g/mol. The molecule has 0 N–H and O–H groups in total. The molecule has 0 bridgehead atoms. The van der Waals surface area contributed by atoms with Crippen molar-refractivity contribution in [2.24, 2.45) is 4.99 Å². The first-order chi connectivity index (χ1) is 5.26. The first-order valence-electron chi connectivity index (χ1n) is 4.44. The molecule has 0 fully saturated rings. The van der Waals surface area contributed by atoms with Gasteiger partial charge in [0.05, 0.1) is 5.84 Å². The van der Waals surface area contributed by atoms with E-state index in [4.69, 9.17) is 0 Å². The van der Waals surface area contributed by atoms with E-state index in [9.17, 15) is 0 Å². The Morgan fingerprint density at radius 1 is 1.36 bits per heavy atom. The molecule has 0 rings (SSSR count). The smallest absolute Gasteiger partial charge is 0.0953 e. The highest BCUT2D eigenvalue weighted by molar-refractivity contribution is 5.79. The van der Waals surface area contributed by atoms with Gasteiger partial charge in [0.25, 0.3) is 0 Å². The zero-order chi connectivity index (χ0) is 8.69. The second-order valence-electron chi connectivity index (χ2n) is 2.70. The fourth-order valence-electron chi connectivity index (χ4n) is 1.04. The summed E-state index contributed by atoms with van der Waals surface area (Å²) in [6.45, 7) is 8.68. The fourth-order valence-corrected chi connectivity index (χ4v) is 1.04. The SMILES string of the molecule is CCCCN(CC)C(C)=NC. The van der Waals surface area contributed by atoms with Gasteiger partial charge >= 0.3 is 0 Å². The summed E-state index contributed by atoms with van der Waals surface area (Å²) in [5.74, 6) is 1.15. The maximum atomic E-state index is 4.16. The van der Waals surface area contributed by atoms with E-state index in [1.54, 1.807) is 0 Å². The Labute approximate surface area is 70.3 Å². The quantitative estimate of drug-likeness (QED) is 0.450. The van der Waals surface area contributed by atoms with Gasteiger partial charge in [-0.3, -0.25) is 4.99 Å². The maximum absolute atomic E-state index is 4.16. The van der Waals surface area contributed by atoms with Crippen molar-refractivity contribution < 1.29 is 0 Å². The van der Waals surface area contributed by atoms with Gasteiger partial charge in [-0.05, 0) is 20.3 Å². The topological polar surface area (TPSA) is 15.6 Å². The van der Waals surface area contributed by atoms with E-state index in [1.807, 2.05) is 7.05 Å². The summed E-state index contributed by atoms with van der Waals surface area (Å²) >= 11 is 0. The van der Waals surface area contributed by atoms with Gasteiger partial charge in [0.15, 0.2) is 0 Å². The van der Waals surface area contributed by atoms with E-state index < -0.39 is 0 Å². The number of unbranched alkanes of at least 4 members (excludes halogenated alkanes) is 1. The minimum Gasteiger partial charge on any atom is -0.361 e. The zero-order valence-corrected chi connectivity index (χ0v) is 8.22. The molecule has 66 valence electrons. The van der Waals surface area contributed by atoms with Crippen LogP contribution < -0.4 is 0 Å². The summed E-state index contributed by atoms with van der Waals surface area (Å²) in [5.41, 5.74) is 0. The lowest BCUT2D eigenvalue weighted by Crippen LogP contribution is -2.29. The van der Waals surface area contributed by atoms with Gasteiger partial charge in [0.2, 0.25) is 0 Å². The molecule has 0 saturated heterocycles. The van der Waals surface area contributed by atoms with Gasteiger partial charge in [-0.2, -0.15) is 0 Å². The maximum Gasteiger partial charge on any atom is 0.0953 e. The van der Waals surface area contributed by atoms with Crippen molar-refractivity contribution in [3.8, 4) is 0 Å². The second-order valence-corrected chi connectivity index (χ2v) is 2.70. The molecule has 11 heavy (non-hydrogen) atoms. The van der Waals surface area contributed by atoms with Crippen molar-refractivity contribution in [3.05, 3.63) is 0 Å². The molecule has 0 atom stereocenters. The third-order valence-corrected chi connectivity index (χ3v) is 1.94. The standard InChI is InChI=1S/C9H20N2/c1-5-7-8-11(6-2)9(3)10-4/h5-8H2,1-4H3. The van der Waals surface area contributed by atoms with Crippen LogP contribution >= 0.6 is 0 Å². The highest BCUT2D eigenvalue weighted by Crippen LogP contribution is 1.95. The lowest BCUT2D eigenvalue weighted by Gasteiger charge is -2.21. The summed E-state index contributed by atoms with van der Waals surface area (Å²) in [6.07, 6.45) is 2.52. The molecule has 0 aromatic rings. The third kappa shape index (κ3) is 4.02. The summed E-state index contributed by atoms with van der Waals surface area (Å²) in [4.78, 5) is 6.46. The molecule has 2 nitrogen and oxygen atoms in total. The minimum atomic E-state index is 1.07. The van der Waals surface area contributed by atoms with Gasteiger partial charge in [-0.15, -0.1) is 0 Å². The van der Waals surface area contributed by atoms with E-state index in [0.717, 1.165) is 18.9 Å². The van der Waals surface area contributed by atoms with Crippen LogP contribution in [0.3, 0.4) is 0 Å². The Morgan fingerprint density at radius 3 is 2.36 bits per heavy atom. The number of hydrogen-bond donors (Lipinski definition) is 0. The third-order valence-electron chi connectivity index (χ3n) is 1.94. The fraction of sp³-hybridized carbons (Fsp3) is 0.889. The normalized spacial score (nSPS) is 11.8. The van der Waals surface area contributed by atoms with Crippen molar-refractivity contribution >= 4 is 5.84 Å². The molecule has 0 radical (unpaired) electrons. The highest BCUT2D eigenvalue weighted by atomic mass is 15.2. The average molecular weight is 156 g/mol. The van der Waals surface area contributed by atoms with Gasteiger partial charge < -0.3 is 4.90 Å². The minimum absolute atomic E-state index is 1.07. The average Bonchev–Trinajstić information content (AvgIpc) is 2.05. The zero-order valence-electron chi connectivity index (χ0n) is 8.22. The van der Waals surface area contributed by atoms with Crippen molar-refractivity contribution in [1.29, 1.82) is 0 Å². The molecule has 0 heterocycles. The van der Waals surface area contributed by atoms with Crippen LogP contribution in [0.1, 0.15) is 33.6 Å². The van der Waals surface area contributed by atoms with Crippen molar-refractivity contribution in [2.45, 2.75) is 33.6 Å². The van der Waals surface area contributed by atoms with Crippen molar-refractivity contribution in [1.82, 2.24) is 4.90 Å². The summed E-state index contributed by atoms with van der Waals surface area (Å²) in [7, 11) is 1.85. The van der Waals surface area contributed by atoms with Gasteiger partial charge in [-0.1, -0.05) is 13.3 Å². The van der Waals surface area contributed by atoms with Gasteiger partial charge in [-0.25, -0.2) is 0 Å². The Kier molecular flexibility index (Phi) is 5.90. The molecule has 2 heteroatoms. The molecular formula is C9H20N2. The van der Waals surface area contributed by atoms with Gasteiger partial charge in [0, 0.05) is 20.1 Å². The summed E-state index contributed by atoms with van der Waals surface area (Å²) in [5, 5.41) is 0. The van der Waals surface area contributed by atoms with Crippen LogP contribution in [0.25, 0.3) is 0 Å². The van der Waals surface area contributed by atoms with Crippen LogP contribution in [0.5, 0.6) is 0 Å². The Balaban J connectivity index is 3.75. The predicted octanol–water partition coefficient (Wildman–Crippen LogP) is 2.16. The molecule has 0 aromatic carbocycles. The van der Waals surface area contributed by atoms with Crippen molar-refractivity contribution in [3.63, 3.8) is 0 Å². The lowest BCUT2D eigenvalue weighted by atomic mass is 10.3. The van der Waals surface area contributed by atoms with Gasteiger partial charge in [0.1, 0.15) is 0 Å². The first kappa shape index (κ1) is 10.5. The van der Waals surface area contributed by atoms with E-state index >= 15 is 0 Å². The van der Waals surface area contributed by atoms with Crippen LogP contribution in [0, 0.1) is 0 Å². The molecule has 0 aliphatic rings. The summed E-state index contributed by atoms with van der Waals surface area (Å²) in [6, 6.07) is 0. The Hall–Kier alpha value is -0.530. The Morgan fingerprint density at radius 2 is 2.00 bits per heavy atom. The second kappa shape index (κ2) is 6.20. The number of rotatable bonds is 4. The lowest BCUT2D eigenvalue weighted by molar-refractivity contribution is 0.425. The van der Waals surface area contributed by atoms with E-state index in [2.05, 4.69) is 30.7 Å². The highest BCUT2D eigenvalue weighted by Gasteiger charge is 2.00. The van der Waals surface area contributed by atoms with Crippen LogP contribution in [0.2, 0.25) is 0 Å². The van der Waals surface area contributed by atoms with Crippen LogP contribution in [0.15, 0.2) is 4.99 Å². The predicted molar refractivity (Wildman–Crippen MR) is 51.2 cm³/mol. The molecule has 0 aliphatic carbocycles. The molecule has 0 amide bonds.